The molecule has 1 saturated heterocycles. The Hall–Kier alpha value is -3.53. The molecule has 2 aromatic carbocycles. The second-order valence-corrected chi connectivity index (χ2v) is 9.11. The number of rotatable bonds is 9. The van der Waals surface area contributed by atoms with Gasteiger partial charge in [-0.15, -0.1) is 10.2 Å². The highest BCUT2D eigenvalue weighted by Crippen LogP contribution is 2.31. The molecule has 1 aromatic heterocycles. The van der Waals surface area contributed by atoms with E-state index in [0.717, 1.165) is 29.8 Å². The number of primary amides is 1. The summed E-state index contributed by atoms with van der Waals surface area (Å²) in [6.45, 7) is 3.52. The average molecular weight is 496 g/mol. The maximum Gasteiger partial charge on any atom is 0.233 e. The van der Waals surface area contributed by atoms with E-state index in [1.807, 2.05) is 60.0 Å². The van der Waals surface area contributed by atoms with Crippen molar-refractivity contribution < 1.29 is 19.1 Å². The molecule has 1 unspecified atom stereocenters. The van der Waals surface area contributed by atoms with E-state index in [0.29, 0.717) is 36.4 Å². The van der Waals surface area contributed by atoms with Crippen LogP contribution in [0.2, 0.25) is 0 Å². The zero-order chi connectivity index (χ0) is 24.8. The SMILES string of the molecule is CCOc1ccc(-n2c(SCC(=O)N3CCCC(C(N)=O)C3)nnc2-c2cccc(OC)c2)cc1. The molecule has 1 aliphatic heterocycles. The molecule has 1 atom stereocenters. The molecule has 2 amide bonds. The highest BCUT2D eigenvalue weighted by molar-refractivity contribution is 7.99. The van der Waals surface area contributed by atoms with Crippen LogP contribution in [0.3, 0.4) is 0 Å². The number of hydrogen-bond donors (Lipinski definition) is 1. The molecule has 35 heavy (non-hydrogen) atoms. The van der Waals surface area contributed by atoms with Crippen molar-refractivity contribution in [1.29, 1.82) is 0 Å². The smallest absolute Gasteiger partial charge is 0.233 e. The first-order valence-electron chi connectivity index (χ1n) is 11.5. The number of benzene rings is 2. The number of aromatic nitrogens is 3. The van der Waals surface area contributed by atoms with Crippen molar-refractivity contribution >= 4 is 23.6 Å². The van der Waals surface area contributed by atoms with Gasteiger partial charge >= 0.3 is 0 Å². The second-order valence-electron chi connectivity index (χ2n) is 8.17. The molecule has 2 N–H and O–H groups in total. The van der Waals surface area contributed by atoms with Gasteiger partial charge in [0.2, 0.25) is 11.8 Å². The zero-order valence-electron chi connectivity index (χ0n) is 19.8. The largest absolute Gasteiger partial charge is 0.497 e. The van der Waals surface area contributed by atoms with Gasteiger partial charge in [0.15, 0.2) is 11.0 Å². The third-order valence-electron chi connectivity index (χ3n) is 5.87. The Morgan fingerprint density at radius 2 is 1.94 bits per heavy atom. The van der Waals surface area contributed by atoms with Crippen LogP contribution in [0.1, 0.15) is 19.8 Å². The molecular formula is C25H29N5O4S. The number of nitrogens with zero attached hydrogens (tertiary/aromatic N) is 4. The van der Waals surface area contributed by atoms with E-state index in [1.54, 1.807) is 12.0 Å². The Morgan fingerprint density at radius 1 is 1.14 bits per heavy atom. The maximum atomic E-state index is 12.9. The summed E-state index contributed by atoms with van der Waals surface area (Å²) < 4.78 is 12.9. The molecule has 0 spiro atoms. The summed E-state index contributed by atoms with van der Waals surface area (Å²) >= 11 is 1.31. The van der Waals surface area contributed by atoms with Crippen molar-refractivity contribution in [2.75, 3.05) is 32.6 Å². The van der Waals surface area contributed by atoms with Gasteiger partial charge in [-0.25, -0.2) is 0 Å². The molecule has 0 aliphatic carbocycles. The average Bonchev–Trinajstić information content (AvgIpc) is 3.32. The quantitative estimate of drug-likeness (QED) is 0.454. The lowest BCUT2D eigenvalue weighted by Gasteiger charge is -2.31. The Labute approximate surface area is 208 Å². The zero-order valence-corrected chi connectivity index (χ0v) is 20.7. The highest BCUT2D eigenvalue weighted by Gasteiger charge is 2.27. The van der Waals surface area contributed by atoms with E-state index < -0.39 is 0 Å². The summed E-state index contributed by atoms with van der Waals surface area (Å²) in [5.74, 6) is 1.60. The van der Waals surface area contributed by atoms with Crippen LogP contribution in [-0.4, -0.2) is 64.0 Å². The van der Waals surface area contributed by atoms with E-state index in [-0.39, 0.29) is 23.5 Å². The lowest BCUT2D eigenvalue weighted by molar-refractivity contribution is -0.132. The van der Waals surface area contributed by atoms with E-state index in [1.165, 1.54) is 11.8 Å². The number of amides is 2. The molecule has 2 heterocycles. The standard InChI is InChI=1S/C25H29N5O4S/c1-3-34-20-11-9-19(10-12-20)30-24(17-6-4-8-21(14-17)33-2)27-28-25(30)35-16-22(31)29-13-5-7-18(15-29)23(26)32/h4,6,8-12,14,18H,3,5,7,13,15-16H2,1-2H3,(H2,26,32). The fourth-order valence-corrected chi connectivity index (χ4v) is 4.91. The van der Waals surface area contributed by atoms with E-state index >= 15 is 0 Å². The predicted octanol–water partition coefficient (Wildman–Crippen LogP) is 3.16. The molecule has 0 bridgehead atoms. The lowest BCUT2D eigenvalue weighted by atomic mass is 9.97. The molecule has 184 valence electrons. The van der Waals surface area contributed by atoms with Gasteiger partial charge in [-0.2, -0.15) is 0 Å². The topological polar surface area (TPSA) is 113 Å². The molecule has 1 aliphatic rings. The molecule has 3 aromatic rings. The number of likely N-dealkylation sites (tertiary alicyclic amines) is 1. The third-order valence-corrected chi connectivity index (χ3v) is 6.78. The van der Waals surface area contributed by atoms with Gasteiger partial charge in [-0.3, -0.25) is 14.2 Å². The van der Waals surface area contributed by atoms with Crippen LogP contribution in [0.15, 0.2) is 53.7 Å². The first-order chi connectivity index (χ1) is 17.0. The minimum Gasteiger partial charge on any atom is -0.497 e. The fourth-order valence-electron chi connectivity index (χ4n) is 4.06. The lowest BCUT2D eigenvalue weighted by Crippen LogP contribution is -2.44. The summed E-state index contributed by atoms with van der Waals surface area (Å²) in [7, 11) is 1.62. The summed E-state index contributed by atoms with van der Waals surface area (Å²) in [5.41, 5.74) is 7.15. The number of piperidine rings is 1. The predicted molar refractivity (Wildman–Crippen MR) is 134 cm³/mol. The summed E-state index contributed by atoms with van der Waals surface area (Å²) in [4.78, 5) is 26.2. The molecule has 10 heteroatoms. The van der Waals surface area contributed by atoms with Crippen molar-refractivity contribution in [1.82, 2.24) is 19.7 Å². The van der Waals surface area contributed by atoms with Crippen molar-refractivity contribution in [3.8, 4) is 28.6 Å². The number of carbonyl (C=O) groups excluding carboxylic acids is 2. The van der Waals surface area contributed by atoms with Gasteiger partial charge in [0.05, 0.1) is 25.4 Å². The second kappa shape index (κ2) is 11.3. The summed E-state index contributed by atoms with van der Waals surface area (Å²) in [5, 5.41) is 9.43. The van der Waals surface area contributed by atoms with Crippen LogP contribution in [0.5, 0.6) is 11.5 Å². The number of nitrogens with two attached hydrogens (primary N) is 1. The molecule has 4 rings (SSSR count). The number of thioether (sulfide) groups is 1. The van der Waals surface area contributed by atoms with Crippen LogP contribution in [0.25, 0.3) is 17.1 Å². The Bertz CT molecular complexity index is 1180. The maximum absolute atomic E-state index is 12.9. The number of hydrogen-bond acceptors (Lipinski definition) is 7. The van der Waals surface area contributed by atoms with Crippen LogP contribution < -0.4 is 15.2 Å². The number of ether oxygens (including phenoxy) is 2. The molecule has 9 nitrogen and oxygen atoms in total. The molecule has 1 fully saturated rings. The van der Waals surface area contributed by atoms with Crippen LogP contribution in [0.4, 0.5) is 0 Å². The van der Waals surface area contributed by atoms with Gasteiger partial charge in [0.25, 0.3) is 0 Å². The minimum absolute atomic E-state index is 0.0508. The van der Waals surface area contributed by atoms with Gasteiger partial charge in [0, 0.05) is 24.3 Å². The monoisotopic (exact) mass is 495 g/mol. The number of carbonyl (C=O) groups is 2. The highest BCUT2D eigenvalue weighted by atomic mass is 32.2. The van der Waals surface area contributed by atoms with E-state index in [9.17, 15) is 9.59 Å². The van der Waals surface area contributed by atoms with E-state index in [4.69, 9.17) is 15.2 Å². The van der Waals surface area contributed by atoms with E-state index in [2.05, 4.69) is 10.2 Å². The van der Waals surface area contributed by atoms with Crippen LogP contribution in [-0.2, 0) is 9.59 Å². The molecule has 0 radical (unpaired) electrons. The third kappa shape index (κ3) is 5.76. The van der Waals surface area contributed by atoms with Gasteiger partial charge in [-0.1, -0.05) is 23.9 Å². The minimum atomic E-state index is -0.353. The molecule has 0 saturated carbocycles. The van der Waals surface area contributed by atoms with Gasteiger partial charge in [0.1, 0.15) is 11.5 Å². The Balaban J connectivity index is 1.61. The summed E-state index contributed by atoms with van der Waals surface area (Å²) in [6, 6.07) is 15.3. The van der Waals surface area contributed by atoms with Crippen molar-refractivity contribution in [2.45, 2.75) is 24.9 Å². The van der Waals surface area contributed by atoms with Crippen molar-refractivity contribution in [3.05, 3.63) is 48.5 Å². The fraction of sp³-hybridized carbons (Fsp3) is 0.360. The summed E-state index contributed by atoms with van der Waals surface area (Å²) in [6.07, 6.45) is 1.49. The Morgan fingerprint density at radius 3 is 2.66 bits per heavy atom. The van der Waals surface area contributed by atoms with Crippen LogP contribution in [0, 0.1) is 5.92 Å². The van der Waals surface area contributed by atoms with Crippen molar-refractivity contribution in [2.24, 2.45) is 11.7 Å². The van der Waals surface area contributed by atoms with Crippen LogP contribution >= 0.6 is 11.8 Å². The molecular weight excluding hydrogens is 466 g/mol. The van der Waals surface area contributed by atoms with Crippen molar-refractivity contribution in [3.63, 3.8) is 0 Å². The normalized spacial score (nSPS) is 15.6. The van der Waals surface area contributed by atoms with Gasteiger partial charge in [-0.05, 0) is 56.2 Å². The number of methoxy groups -OCH3 is 1. The first-order valence-corrected chi connectivity index (χ1v) is 12.5. The Kier molecular flexibility index (Phi) is 7.91. The first kappa shape index (κ1) is 24.6. The van der Waals surface area contributed by atoms with Gasteiger partial charge < -0.3 is 20.1 Å².